The molecule has 0 radical (unpaired) electrons. The average molecular weight is 250 g/mol. The summed E-state index contributed by atoms with van der Waals surface area (Å²) in [6.45, 7) is 3.86. The molecular formula is C8H18N4O5. The predicted molar refractivity (Wildman–Crippen MR) is 58.7 cm³/mol. The largest absolute Gasteiger partial charge is 0.397 e. The number of nitrogens with one attached hydrogen (secondary N) is 3. The minimum atomic E-state index is -1.04. The summed E-state index contributed by atoms with van der Waals surface area (Å²) in [4.78, 5) is 31.3. The molecule has 100 valence electrons. The third-order valence-electron chi connectivity index (χ3n) is 1.06. The first-order valence-corrected chi connectivity index (χ1v) is 4.81. The fraction of sp³-hybridized carbons (Fsp3) is 0.625. The van der Waals surface area contributed by atoms with E-state index in [1.165, 1.54) is 0 Å². The molecule has 1 unspecified atom stereocenters. The van der Waals surface area contributed by atoms with Crippen LogP contribution >= 0.6 is 0 Å². The number of hydrogen-bond donors (Lipinski definition) is 6. The second-order valence-electron chi connectivity index (χ2n) is 2.54. The van der Waals surface area contributed by atoms with Gasteiger partial charge in [0.1, 0.15) is 0 Å². The van der Waals surface area contributed by atoms with Crippen molar-refractivity contribution in [1.82, 2.24) is 16.0 Å². The summed E-state index contributed by atoms with van der Waals surface area (Å²) in [5, 5.41) is 21.2. The highest BCUT2D eigenvalue weighted by Crippen LogP contribution is 1.86. The molecule has 0 aliphatic carbocycles. The summed E-state index contributed by atoms with van der Waals surface area (Å²) < 4.78 is 0. The van der Waals surface area contributed by atoms with E-state index in [1.54, 1.807) is 13.8 Å². The summed E-state index contributed by atoms with van der Waals surface area (Å²) in [6.07, 6.45) is -1.04. The summed E-state index contributed by atoms with van der Waals surface area (Å²) in [6, 6.07) is -1.51. The van der Waals surface area contributed by atoms with Crippen molar-refractivity contribution in [3.8, 4) is 0 Å². The highest BCUT2D eigenvalue weighted by Gasteiger charge is 2.29. The number of carbonyl (C=O) groups excluding carboxylic acids is 3. The van der Waals surface area contributed by atoms with Gasteiger partial charge in [-0.1, -0.05) is 0 Å². The van der Waals surface area contributed by atoms with E-state index in [9.17, 15) is 14.4 Å². The van der Waals surface area contributed by atoms with Crippen molar-refractivity contribution in [2.24, 2.45) is 5.73 Å². The molecule has 1 saturated heterocycles. The van der Waals surface area contributed by atoms with E-state index in [0.717, 1.165) is 0 Å². The van der Waals surface area contributed by atoms with Gasteiger partial charge in [-0.05, 0) is 13.8 Å². The number of aliphatic hydroxyl groups is 2. The van der Waals surface area contributed by atoms with Crippen molar-refractivity contribution in [3.63, 3.8) is 0 Å². The Hall–Kier alpha value is -1.87. The van der Waals surface area contributed by atoms with Crippen molar-refractivity contribution in [1.29, 1.82) is 0 Å². The van der Waals surface area contributed by atoms with Crippen LogP contribution in [0.15, 0.2) is 0 Å². The van der Waals surface area contributed by atoms with Gasteiger partial charge < -0.3 is 26.6 Å². The molecule has 0 spiro atoms. The third-order valence-corrected chi connectivity index (χ3v) is 1.06. The Morgan fingerprint density at radius 2 is 1.76 bits per heavy atom. The van der Waals surface area contributed by atoms with Crippen LogP contribution in [0.2, 0.25) is 0 Å². The number of urea groups is 2. The Balaban J connectivity index is 0. The van der Waals surface area contributed by atoms with Crippen LogP contribution in [0.4, 0.5) is 9.59 Å². The number of hydrogen-bond acceptors (Lipinski definition) is 5. The minimum Gasteiger partial charge on any atom is -0.397 e. The van der Waals surface area contributed by atoms with Crippen molar-refractivity contribution in [2.75, 3.05) is 13.2 Å². The molecule has 0 aromatic rings. The second-order valence-corrected chi connectivity index (χ2v) is 2.54. The van der Waals surface area contributed by atoms with E-state index in [-0.39, 0.29) is 13.2 Å². The van der Waals surface area contributed by atoms with Gasteiger partial charge in [-0.2, -0.15) is 0 Å². The van der Waals surface area contributed by atoms with E-state index in [4.69, 9.17) is 15.9 Å². The van der Waals surface area contributed by atoms with Gasteiger partial charge in [0.25, 0.3) is 5.91 Å². The molecule has 5 amide bonds. The van der Waals surface area contributed by atoms with Gasteiger partial charge in [0, 0.05) is 13.2 Å². The highest BCUT2D eigenvalue weighted by atomic mass is 16.3. The Labute approximate surface area is 98.4 Å². The van der Waals surface area contributed by atoms with Crippen molar-refractivity contribution >= 4 is 18.0 Å². The van der Waals surface area contributed by atoms with E-state index >= 15 is 0 Å². The number of nitrogens with two attached hydrogens (primary N) is 1. The van der Waals surface area contributed by atoms with Crippen LogP contribution in [0.5, 0.6) is 0 Å². The Morgan fingerprint density at radius 3 is 2.00 bits per heavy atom. The molecule has 0 aromatic heterocycles. The standard InChI is InChI=1S/C4H6N4O3.2C2H6O/c5-3(10)6-1-2(9)8-4(11)7-1;2*1-2-3/h1H,(H3,5,6,10)(H2,7,8,9,11);2*3H,2H2,1H3. The number of aliphatic hydroxyl groups excluding tert-OH is 2. The van der Waals surface area contributed by atoms with Crippen LogP contribution in [0.1, 0.15) is 13.8 Å². The second kappa shape index (κ2) is 10.6. The summed E-state index contributed by atoms with van der Waals surface area (Å²) in [7, 11) is 0. The maximum atomic E-state index is 10.7. The zero-order chi connectivity index (χ0) is 13.8. The molecule has 1 atom stereocenters. The van der Waals surface area contributed by atoms with Crippen LogP contribution < -0.4 is 21.7 Å². The molecule has 0 bridgehead atoms. The molecule has 9 heteroatoms. The summed E-state index contributed by atoms with van der Waals surface area (Å²) in [5.41, 5.74) is 4.70. The van der Waals surface area contributed by atoms with Crippen molar-refractivity contribution in [2.45, 2.75) is 20.0 Å². The first-order valence-electron chi connectivity index (χ1n) is 4.81. The maximum absolute atomic E-state index is 10.7. The first-order chi connectivity index (χ1) is 7.92. The smallest absolute Gasteiger partial charge is 0.323 e. The molecule has 0 saturated carbocycles. The molecule has 1 heterocycles. The normalized spacial score (nSPS) is 16.6. The van der Waals surface area contributed by atoms with Gasteiger partial charge in [0.2, 0.25) is 0 Å². The number of primary amides is 1. The third kappa shape index (κ3) is 10.4. The van der Waals surface area contributed by atoms with Crippen LogP contribution in [0.25, 0.3) is 0 Å². The SMILES string of the molecule is CCO.CCO.NC(=O)NC1NC(=O)NC1=O. The number of carbonyl (C=O) groups is 3. The molecule has 17 heavy (non-hydrogen) atoms. The molecule has 1 aliphatic heterocycles. The van der Waals surface area contributed by atoms with Gasteiger partial charge in [-0.3, -0.25) is 10.1 Å². The molecule has 7 N–H and O–H groups in total. The van der Waals surface area contributed by atoms with Crippen LogP contribution in [0.3, 0.4) is 0 Å². The zero-order valence-electron chi connectivity index (χ0n) is 9.69. The minimum absolute atomic E-state index is 0.250. The highest BCUT2D eigenvalue weighted by molar-refractivity contribution is 6.05. The topological polar surface area (TPSA) is 154 Å². The van der Waals surface area contributed by atoms with E-state index in [1.807, 2.05) is 10.6 Å². The number of rotatable bonds is 1. The maximum Gasteiger partial charge on any atom is 0.323 e. The van der Waals surface area contributed by atoms with Crippen molar-refractivity contribution in [3.05, 3.63) is 0 Å². The Bertz CT molecular complexity index is 256. The predicted octanol–water partition coefficient (Wildman–Crippen LogP) is -2.18. The fourth-order valence-corrected chi connectivity index (χ4v) is 0.661. The van der Waals surface area contributed by atoms with Crippen LogP contribution in [-0.2, 0) is 4.79 Å². The van der Waals surface area contributed by atoms with Gasteiger partial charge >= 0.3 is 12.1 Å². The Kier molecular flexibility index (Phi) is 11.0. The molecular weight excluding hydrogens is 232 g/mol. The molecule has 1 rings (SSSR count). The fourth-order valence-electron chi connectivity index (χ4n) is 0.661. The lowest BCUT2D eigenvalue weighted by Gasteiger charge is -2.05. The lowest BCUT2D eigenvalue weighted by atomic mass is 10.5. The van der Waals surface area contributed by atoms with Crippen LogP contribution in [0, 0.1) is 0 Å². The summed E-state index contributed by atoms with van der Waals surface area (Å²) >= 11 is 0. The first kappa shape index (κ1) is 17.5. The number of amides is 5. The van der Waals surface area contributed by atoms with Gasteiger partial charge in [0.15, 0.2) is 6.17 Å². The van der Waals surface area contributed by atoms with E-state index in [2.05, 4.69) is 5.32 Å². The van der Waals surface area contributed by atoms with E-state index < -0.39 is 24.1 Å². The average Bonchev–Trinajstić information content (AvgIpc) is 2.46. The molecule has 9 nitrogen and oxygen atoms in total. The van der Waals surface area contributed by atoms with Gasteiger partial charge in [-0.15, -0.1) is 0 Å². The molecule has 1 fully saturated rings. The zero-order valence-corrected chi connectivity index (χ0v) is 9.69. The van der Waals surface area contributed by atoms with Crippen molar-refractivity contribution < 1.29 is 24.6 Å². The lowest BCUT2D eigenvalue weighted by Crippen LogP contribution is -2.48. The van der Waals surface area contributed by atoms with Gasteiger partial charge in [0.05, 0.1) is 0 Å². The molecule has 1 aliphatic rings. The Morgan fingerprint density at radius 1 is 1.35 bits per heavy atom. The summed E-state index contributed by atoms with van der Waals surface area (Å²) in [5.74, 6) is -0.617. The number of imide groups is 1. The van der Waals surface area contributed by atoms with Crippen LogP contribution in [-0.4, -0.2) is 47.6 Å². The molecule has 0 aromatic carbocycles. The lowest BCUT2D eigenvalue weighted by molar-refractivity contribution is -0.120. The monoisotopic (exact) mass is 250 g/mol. The van der Waals surface area contributed by atoms with Gasteiger partial charge in [-0.25, -0.2) is 9.59 Å². The quantitative estimate of drug-likeness (QED) is 0.292. The van der Waals surface area contributed by atoms with E-state index in [0.29, 0.717) is 0 Å².